The Labute approximate surface area is 159 Å². The molecule has 0 saturated carbocycles. The van der Waals surface area contributed by atoms with Crippen molar-refractivity contribution in [2.45, 2.75) is 42.6 Å². The van der Waals surface area contributed by atoms with E-state index >= 15 is 0 Å². The normalized spacial score (nSPS) is 14.9. The van der Waals surface area contributed by atoms with Crippen LogP contribution in [0.1, 0.15) is 32.3 Å². The molecule has 2 rings (SSSR count). The van der Waals surface area contributed by atoms with E-state index in [2.05, 4.69) is 28.5 Å². The van der Waals surface area contributed by atoms with Gasteiger partial charge in [-0.3, -0.25) is 4.79 Å². The van der Waals surface area contributed by atoms with E-state index in [1.807, 2.05) is 0 Å². The number of pyridine rings is 1. The molecule has 0 radical (unpaired) electrons. The first-order chi connectivity index (χ1) is 12.2. The molecule has 0 fully saturated rings. The smallest absolute Gasteiger partial charge is 0.354 e. The Kier molecular flexibility index (Phi) is 7.23. The summed E-state index contributed by atoms with van der Waals surface area (Å²) < 4.78 is 36.9. The van der Waals surface area contributed by atoms with Crippen molar-refractivity contribution in [1.82, 2.24) is 10.3 Å². The van der Waals surface area contributed by atoms with Crippen LogP contribution < -0.4 is 5.32 Å². The Morgan fingerprint density at radius 3 is 2.62 bits per heavy atom. The monoisotopic (exact) mass is 402 g/mol. The fraction of sp³-hybridized carbons (Fsp3) is 0.444. The minimum absolute atomic E-state index is 0.169. The van der Waals surface area contributed by atoms with Crippen LogP contribution in [0.5, 0.6) is 0 Å². The maximum atomic E-state index is 12.6. The summed E-state index contributed by atoms with van der Waals surface area (Å²) in [5, 5.41) is 3.26. The summed E-state index contributed by atoms with van der Waals surface area (Å²) >= 11 is 2.83. The highest BCUT2D eigenvalue weighted by molar-refractivity contribution is 8.03. The van der Waals surface area contributed by atoms with Crippen molar-refractivity contribution in [1.29, 1.82) is 0 Å². The molecule has 1 aromatic rings. The summed E-state index contributed by atoms with van der Waals surface area (Å²) in [6.45, 7) is 3.98. The number of nitrogens with one attached hydrogen (secondary N) is 1. The summed E-state index contributed by atoms with van der Waals surface area (Å²) in [7, 11) is 0. The zero-order valence-corrected chi connectivity index (χ0v) is 16.2. The summed E-state index contributed by atoms with van der Waals surface area (Å²) in [6, 6.07) is 2.27. The van der Waals surface area contributed by atoms with Crippen molar-refractivity contribution < 1.29 is 18.0 Å². The molecular formula is C18H21F3N2OS2. The molecular weight excluding hydrogens is 381 g/mol. The molecule has 3 nitrogen and oxygen atoms in total. The van der Waals surface area contributed by atoms with Crippen LogP contribution >= 0.6 is 23.5 Å². The van der Waals surface area contributed by atoms with E-state index in [0.717, 1.165) is 42.6 Å². The lowest BCUT2D eigenvalue weighted by atomic mass is 10.2. The van der Waals surface area contributed by atoms with Crippen molar-refractivity contribution in [3.63, 3.8) is 0 Å². The van der Waals surface area contributed by atoms with Crippen molar-refractivity contribution in [2.24, 2.45) is 0 Å². The maximum Gasteiger partial charge on any atom is 0.417 e. The van der Waals surface area contributed by atoms with Crippen molar-refractivity contribution in [2.75, 3.05) is 12.3 Å². The lowest BCUT2D eigenvalue weighted by Crippen LogP contribution is -2.40. The molecule has 0 saturated heterocycles. The van der Waals surface area contributed by atoms with Gasteiger partial charge in [0.1, 0.15) is 0 Å². The van der Waals surface area contributed by atoms with E-state index in [-0.39, 0.29) is 5.91 Å². The van der Waals surface area contributed by atoms with Gasteiger partial charge in [0.2, 0.25) is 5.91 Å². The zero-order chi connectivity index (χ0) is 19.2. The number of thioether (sulfide) groups is 2. The Morgan fingerprint density at radius 1 is 1.27 bits per heavy atom. The van der Waals surface area contributed by atoms with Crippen molar-refractivity contribution in [3.05, 3.63) is 47.0 Å². The average molecular weight is 403 g/mol. The number of hydrogen-bond donors (Lipinski definition) is 1. The predicted octanol–water partition coefficient (Wildman–Crippen LogP) is 5.05. The molecule has 1 amide bonds. The third-order valence-electron chi connectivity index (χ3n) is 3.59. The maximum absolute atomic E-state index is 12.6. The molecule has 1 aliphatic rings. The number of aromatic nitrogens is 1. The number of carbonyl (C=O) groups excluding carboxylic acids is 1. The van der Waals surface area contributed by atoms with Crippen LogP contribution in [-0.2, 0) is 11.0 Å². The predicted molar refractivity (Wildman–Crippen MR) is 101 cm³/mol. The lowest BCUT2D eigenvalue weighted by Gasteiger charge is -2.22. The van der Waals surface area contributed by atoms with Crippen LogP contribution in [0.25, 0.3) is 0 Å². The third kappa shape index (κ3) is 6.39. The molecule has 0 aromatic carbocycles. The topological polar surface area (TPSA) is 42.0 Å². The molecule has 1 heterocycles. The second kappa shape index (κ2) is 8.99. The first-order valence-electron chi connectivity index (χ1n) is 8.18. The summed E-state index contributed by atoms with van der Waals surface area (Å²) in [5.41, 5.74) is -0.799. The number of alkyl halides is 3. The number of rotatable bonds is 7. The van der Waals surface area contributed by atoms with E-state index in [1.165, 1.54) is 11.0 Å². The van der Waals surface area contributed by atoms with Crippen LogP contribution in [0, 0.1) is 0 Å². The van der Waals surface area contributed by atoms with Gasteiger partial charge in [0.15, 0.2) is 0 Å². The molecule has 0 bridgehead atoms. The highest BCUT2D eigenvalue weighted by Gasteiger charge is 2.32. The quantitative estimate of drug-likeness (QED) is 0.512. The largest absolute Gasteiger partial charge is 0.417 e. The number of allylic oxidation sites excluding steroid dienone is 3. The minimum atomic E-state index is -4.41. The van der Waals surface area contributed by atoms with Gasteiger partial charge in [-0.1, -0.05) is 30.0 Å². The zero-order valence-electron chi connectivity index (χ0n) is 14.6. The van der Waals surface area contributed by atoms with E-state index in [4.69, 9.17) is 0 Å². The van der Waals surface area contributed by atoms with Gasteiger partial charge in [-0.2, -0.15) is 13.2 Å². The second-order valence-corrected chi connectivity index (χ2v) is 9.00. The first-order valence-corrected chi connectivity index (χ1v) is 9.99. The van der Waals surface area contributed by atoms with Crippen LogP contribution in [-0.4, -0.2) is 27.9 Å². The van der Waals surface area contributed by atoms with Crippen LogP contribution in [0.2, 0.25) is 0 Å². The molecule has 0 atom stereocenters. The van der Waals surface area contributed by atoms with Crippen LogP contribution in [0.4, 0.5) is 13.2 Å². The lowest BCUT2D eigenvalue weighted by molar-refractivity contribution is -0.137. The van der Waals surface area contributed by atoms with Crippen molar-refractivity contribution in [3.8, 4) is 0 Å². The second-order valence-electron chi connectivity index (χ2n) is 6.19. The first kappa shape index (κ1) is 20.9. The van der Waals surface area contributed by atoms with Gasteiger partial charge in [-0.05, 0) is 38.8 Å². The Hall–Kier alpha value is -1.41. The van der Waals surface area contributed by atoms with Gasteiger partial charge in [0.25, 0.3) is 0 Å². The number of nitrogens with zero attached hydrogens (tertiary/aromatic N) is 1. The van der Waals surface area contributed by atoms with E-state index in [0.29, 0.717) is 11.6 Å². The number of carbonyl (C=O) groups is 1. The van der Waals surface area contributed by atoms with E-state index in [9.17, 15) is 18.0 Å². The Bertz CT molecular complexity index is 683. The van der Waals surface area contributed by atoms with Gasteiger partial charge < -0.3 is 5.32 Å². The minimum Gasteiger partial charge on any atom is -0.354 e. The molecule has 1 aromatic heterocycles. The fourth-order valence-corrected chi connectivity index (χ4v) is 3.96. The number of amides is 1. The van der Waals surface area contributed by atoms with Gasteiger partial charge in [0, 0.05) is 23.4 Å². The molecule has 0 spiro atoms. The molecule has 0 aliphatic heterocycles. The van der Waals surface area contributed by atoms with Crippen LogP contribution in [0.3, 0.4) is 0 Å². The number of hydrogen-bond acceptors (Lipinski definition) is 4. The average Bonchev–Trinajstić information content (AvgIpc) is 2.58. The summed E-state index contributed by atoms with van der Waals surface area (Å²) in [6.07, 6.45) is 4.91. The molecule has 8 heteroatoms. The summed E-state index contributed by atoms with van der Waals surface area (Å²) in [5.74, 6) is 0.597. The standard InChI is InChI=1S/C18H21F3N2OS2/c1-17(2,26-15-9-8-13(12-23-15)18(19,20)21)16(24)22-10-11-25-14-6-4-3-5-7-14/h4,6-9,12H,3,5,10-11H2,1-2H3,(H,22,24). The Morgan fingerprint density at radius 2 is 2.04 bits per heavy atom. The van der Waals surface area contributed by atoms with Gasteiger partial charge in [0.05, 0.1) is 15.3 Å². The van der Waals surface area contributed by atoms with Gasteiger partial charge in [-0.25, -0.2) is 4.98 Å². The Balaban J connectivity index is 1.81. The highest BCUT2D eigenvalue weighted by Crippen LogP contribution is 2.34. The van der Waals surface area contributed by atoms with E-state index in [1.54, 1.807) is 25.6 Å². The molecule has 1 N–H and O–H groups in total. The SMILES string of the molecule is CC(C)(Sc1ccc(C(F)(F)F)cn1)C(=O)NCCSC1=CCCC=C1. The molecule has 1 aliphatic carbocycles. The number of halogens is 3. The molecule has 142 valence electrons. The van der Waals surface area contributed by atoms with E-state index < -0.39 is 16.5 Å². The van der Waals surface area contributed by atoms with Crippen LogP contribution in [0.15, 0.2) is 46.5 Å². The van der Waals surface area contributed by atoms with Gasteiger partial charge in [-0.15, -0.1) is 11.8 Å². The molecule has 26 heavy (non-hydrogen) atoms. The molecule has 0 unspecified atom stereocenters. The highest BCUT2D eigenvalue weighted by atomic mass is 32.2. The van der Waals surface area contributed by atoms with Crippen molar-refractivity contribution >= 4 is 29.4 Å². The van der Waals surface area contributed by atoms with Gasteiger partial charge >= 0.3 is 6.18 Å². The third-order valence-corrected chi connectivity index (χ3v) is 5.78. The summed E-state index contributed by atoms with van der Waals surface area (Å²) in [4.78, 5) is 17.4. The fourth-order valence-electron chi connectivity index (χ4n) is 2.16.